The molecule has 0 N–H and O–H groups in total. The first-order chi connectivity index (χ1) is 16.4. The highest BCUT2D eigenvalue weighted by Gasteiger charge is 2.10. The van der Waals surface area contributed by atoms with Crippen LogP contribution in [-0.2, 0) is 4.79 Å². The SMILES string of the molecule is COc1ccc(/C(C#N)=C\c2ccc(OC(=O)/C=C/c3ccc(C(C)C)cc3)c(OC)c2)cc1. The van der Waals surface area contributed by atoms with E-state index in [2.05, 4.69) is 19.9 Å². The van der Waals surface area contributed by atoms with Crippen molar-refractivity contribution in [2.24, 2.45) is 0 Å². The standard InChI is InChI=1S/C29H27NO4/c1-20(2)23-9-5-21(6-10-23)8-16-29(31)34-27-15-7-22(18-28(27)33-4)17-25(19-30)24-11-13-26(32-3)14-12-24/h5-18,20H,1-4H3/b16-8+,25-17-. The highest BCUT2D eigenvalue weighted by Crippen LogP contribution is 2.30. The number of carbonyl (C=O) groups excluding carboxylic acids is 1. The molecule has 0 radical (unpaired) electrons. The van der Waals surface area contributed by atoms with Crippen LogP contribution in [0.5, 0.6) is 17.2 Å². The fraction of sp³-hybridized carbons (Fsp3) is 0.172. The van der Waals surface area contributed by atoms with Crippen LogP contribution in [0.1, 0.15) is 42.0 Å². The first-order valence-electron chi connectivity index (χ1n) is 10.9. The van der Waals surface area contributed by atoms with Gasteiger partial charge in [-0.3, -0.25) is 0 Å². The summed E-state index contributed by atoms with van der Waals surface area (Å²) in [6.07, 6.45) is 4.84. The van der Waals surface area contributed by atoms with Crippen molar-refractivity contribution in [2.45, 2.75) is 19.8 Å². The van der Waals surface area contributed by atoms with Gasteiger partial charge < -0.3 is 14.2 Å². The Morgan fingerprint density at radius 3 is 2.15 bits per heavy atom. The van der Waals surface area contributed by atoms with Crippen LogP contribution in [0, 0.1) is 11.3 Å². The Morgan fingerprint density at radius 2 is 1.56 bits per heavy atom. The minimum Gasteiger partial charge on any atom is -0.497 e. The van der Waals surface area contributed by atoms with E-state index in [0.29, 0.717) is 23.0 Å². The molecular weight excluding hydrogens is 426 g/mol. The van der Waals surface area contributed by atoms with E-state index in [1.165, 1.54) is 18.7 Å². The number of esters is 1. The zero-order valence-electron chi connectivity index (χ0n) is 19.7. The molecule has 0 fully saturated rings. The largest absolute Gasteiger partial charge is 0.497 e. The number of benzene rings is 3. The maximum absolute atomic E-state index is 12.3. The van der Waals surface area contributed by atoms with Gasteiger partial charge in [0, 0.05) is 6.08 Å². The van der Waals surface area contributed by atoms with Gasteiger partial charge in [0.1, 0.15) is 5.75 Å². The summed E-state index contributed by atoms with van der Waals surface area (Å²) in [7, 11) is 3.09. The van der Waals surface area contributed by atoms with Gasteiger partial charge in [-0.1, -0.05) is 44.2 Å². The predicted octanol–water partition coefficient (Wildman–Crippen LogP) is 6.51. The smallest absolute Gasteiger partial charge is 0.336 e. The van der Waals surface area contributed by atoms with Crippen molar-refractivity contribution in [2.75, 3.05) is 14.2 Å². The lowest BCUT2D eigenvalue weighted by molar-refractivity contribution is -0.129. The molecule has 0 saturated heterocycles. The summed E-state index contributed by atoms with van der Waals surface area (Å²) < 4.78 is 16.0. The second kappa shape index (κ2) is 11.5. The molecule has 34 heavy (non-hydrogen) atoms. The molecule has 0 aliphatic heterocycles. The summed E-state index contributed by atoms with van der Waals surface area (Å²) in [5, 5.41) is 9.60. The first kappa shape index (κ1) is 24.3. The lowest BCUT2D eigenvalue weighted by Crippen LogP contribution is -2.05. The molecule has 3 aromatic carbocycles. The Balaban J connectivity index is 1.74. The fourth-order valence-electron chi connectivity index (χ4n) is 3.27. The van der Waals surface area contributed by atoms with Crippen molar-refractivity contribution in [3.05, 3.63) is 95.1 Å². The zero-order valence-corrected chi connectivity index (χ0v) is 19.7. The number of allylic oxidation sites excluding steroid dienone is 1. The highest BCUT2D eigenvalue weighted by atomic mass is 16.6. The number of hydrogen-bond acceptors (Lipinski definition) is 5. The van der Waals surface area contributed by atoms with E-state index in [-0.39, 0.29) is 0 Å². The van der Waals surface area contributed by atoms with Crippen LogP contribution in [0.25, 0.3) is 17.7 Å². The van der Waals surface area contributed by atoms with Gasteiger partial charge in [0.2, 0.25) is 0 Å². The third-order valence-electron chi connectivity index (χ3n) is 5.25. The van der Waals surface area contributed by atoms with Crippen molar-refractivity contribution in [3.63, 3.8) is 0 Å². The Kier molecular flexibility index (Phi) is 8.26. The van der Waals surface area contributed by atoms with E-state index in [4.69, 9.17) is 14.2 Å². The number of nitrogens with zero attached hydrogens (tertiary/aromatic N) is 1. The molecule has 0 aromatic heterocycles. The molecule has 0 aliphatic rings. The van der Waals surface area contributed by atoms with Crippen LogP contribution < -0.4 is 14.2 Å². The molecule has 172 valence electrons. The molecule has 3 rings (SSSR count). The molecule has 0 unspecified atom stereocenters. The Bertz CT molecular complexity index is 1230. The lowest BCUT2D eigenvalue weighted by atomic mass is 10.0. The zero-order chi connectivity index (χ0) is 24.5. The normalized spacial score (nSPS) is 11.4. The molecule has 0 spiro atoms. The quantitative estimate of drug-likeness (QED) is 0.128. The summed E-state index contributed by atoms with van der Waals surface area (Å²) in [6, 6.07) is 22.6. The van der Waals surface area contributed by atoms with Gasteiger partial charge >= 0.3 is 5.97 Å². The number of nitriles is 1. The van der Waals surface area contributed by atoms with Gasteiger partial charge in [0.15, 0.2) is 11.5 Å². The van der Waals surface area contributed by atoms with Crippen LogP contribution in [0.15, 0.2) is 72.8 Å². The van der Waals surface area contributed by atoms with E-state index < -0.39 is 5.97 Å². The Hall–Kier alpha value is -4.30. The van der Waals surface area contributed by atoms with Gasteiger partial charge in [0.25, 0.3) is 0 Å². The predicted molar refractivity (Wildman–Crippen MR) is 135 cm³/mol. The van der Waals surface area contributed by atoms with Crippen LogP contribution in [0.4, 0.5) is 0 Å². The maximum atomic E-state index is 12.3. The average molecular weight is 454 g/mol. The summed E-state index contributed by atoms with van der Waals surface area (Å²) in [4.78, 5) is 12.3. The van der Waals surface area contributed by atoms with Crippen molar-refractivity contribution < 1.29 is 19.0 Å². The topological polar surface area (TPSA) is 68.5 Å². The van der Waals surface area contributed by atoms with Gasteiger partial charge in [-0.05, 0) is 76.7 Å². The molecule has 5 heteroatoms. The number of hydrogen-bond donors (Lipinski definition) is 0. The number of methoxy groups -OCH3 is 2. The molecule has 0 amide bonds. The maximum Gasteiger partial charge on any atom is 0.336 e. The van der Waals surface area contributed by atoms with Gasteiger partial charge in [-0.15, -0.1) is 0 Å². The minimum atomic E-state index is -0.509. The minimum absolute atomic E-state index is 0.299. The molecule has 3 aromatic rings. The van der Waals surface area contributed by atoms with Crippen LogP contribution in [0.2, 0.25) is 0 Å². The second-order valence-corrected chi connectivity index (χ2v) is 7.88. The van der Waals surface area contributed by atoms with Crippen LogP contribution >= 0.6 is 0 Å². The molecule has 0 bridgehead atoms. The fourth-order valence-corrected chi connectivity index (χ4v) is 3.27. The third kappa shape index (κ3) is 6.36. The Morgan fingerprint density at radius 1 is 0.882 bits per heavy atom. The molecule has 0 aliphatic carbocycles. The van der Waals surface area contributed by atoms with Crippen molar-refractivity contribution in [3.8, 4) is 23.3 Å². The summed E-state index contributed by atoms with van der Waals surface area (Å²) in [5.41, 5.74) is 4.15. The van der Waals surface area contributed by atoms with Gasteiger partial charge in [0.05, 0.1) is 25.9 Å². The van der Waals surface area contributed by atoms with Gasteiger partial charge in [-0.25, -0.2) is 4.79 Å². The third-order valence-corrected chi connectivity index (χ3v) is 5.25. The number of ether oxygens (including phenoxy) is 3. The molecule has 0 atom stereocenters. The summed E-state index contributed by atoms with van der Waals surface area (Å²) >= 11 is 0. The second-order valence-electron chi connectivity index (χ2n) is 7.88. The van der Waals surface area contributed by atoms with Crippen LogP contribution in [-0.4, -0.2) is 20.2 Å². The number of rotatable bonds is 8. The monoisotopic (exact) mass is 453 g/mol. The Labute approximate surface area is 200 Å². The average Bonchev–Trinajstić information content (AvgIpc) is 2.87. The van der Waals surface area contributed by atoms with Crippen LogP contribution in [0.3, 0.4) is 0 Å². The van der Waals surface area contributed by atoms with E-state index in [0.717, 1.165) is 22.4 Å². The molecule has 0 heterocycles. The number of carbonyl (C=O) groups is 1. The van der Waals surface area contributed by atoms with E-state index in [1.807, 2.05) is 36.4 Å². The summed E-state index contributed by atoms with van der Waals surface area (Å²) in [5.74, 6) is 1.35. The van der Waals surface area contributed by atoms with Gasteiger partial charge in [-0.2, -0.15) is 5.26 Å². The lowest BCUT2D eigenvalue weighted by Gasteiger charge is -2.09. The molecular formula is C29H27NO4. The molecule has 0 saturated carbocycles. The van der Waals surface area contributed by atoms with Crippen molar-refractivity contribution in [1.29, 1.82) is 5.26 Å². The first-order valence-corrected chi connectivity index (χ1v) is 10.9. The van der Waals surface area contributed by atoms with Crippen molar-refractivity contribution in [1.82, 2.24) is 0 Å². The molecule has 5 nitrogen and oxygen atoms in total. The van der Waals surface area contributed by atoms with E-state index >= 15 is 0 Å². The van der Waals surface area contributed by atoms with E-state index in [1.54, 1.807) is 49.6 Å². The van der Waals surface area contributed by atoms with E-state index in [9.17, 15) is 10.1 Å². The highest BCUT2D eigenvalue weighted by molar-refractivity contribution is 5.91. The van der Waals surface area contributed by atoms with Crippen molar-refractivity contribution >= 4 is 23.7 Å². The summed E-state index contributed by atoms with van der Waals surface area (Å²) in [6.45, 7) is 4.27.